The van der Waals surface area contributed by atoms with E-state index >= 15 is 0 Å². The molecule has 0 bridgehead atoms. The lowest BCUT2D eigenvalue weighted by Crippen LogP contribution is -2.04. The zero-order valence-electron chi connectivity index (χ0n) is 35.6. The summed E-state index contributed by atoms with van der Waals surface area (Å²) in [6.07, 6.45) is 0. The number of benzene rings is 10. The fourth-order valence-electron chi connectivity index (χ4n) is 9.58. The summed E-state index contributed by atoms with van der Waals surface area (Å²) in [4.78, 5) is 16.1. The van der Waals surface area contributed by atoms with Gasteiger partial charge in [0.1, 0.15) is 0 Å². The molecule has 0 aliphatic carbocycles. The predicted octanol–water partition coefficient (Wildman–Crippen LogP) is 16.5. The Morgan fingerprint density at radius 1 is 0.288 bits per heavy atom. The quantitative estimate of drug-likeness (QED) is 0.160. The van der Waals surface area contributed by atoms with Gasteiger partial charge in [0.15, 0.2) is 17.5 Å². The molecule has 0 saturated heterocycles. The molecule has 0 radical (unpaired) electrons. The fraction of sp³-hybridized carbons (Fsp3) is 0. The van der Waals surface area contributed by atoms with E-state index in [2.05, 4.69) is 235 Å². The Morgan fingerprint density at radius 2 is 0.803 bits per heavy atom. The Morgan fingerprint density at radius 3 is 1.61 bits per heavy atom. The van der Waals surface area contributed by atoms with Gasteiger partial charge in [0.25, 0.3) is 0 Å². The number of nitrogens with zero attached hydrogens (tertiary/aromatic N) is 4. The van der Waals surface area contributed by atoms with Crippen molar-refractivity contribution in [3.63, 3.8) is 0 Å². The number of aromatic nitrogens is 4. The molecule has 0 spiro atoms. The molecule has 3 aromatic heterocycles. The Kier molecular flexibility index (Phi) is 9.00. The van der Waals surface area contributed by atoms with Gasteiger partial charge >= 0.3 is 0 Å². The number of para-hydroxylation sites is 2. The summed E-state index contributed by atoms with van der Waals surface area (Å²) in [5.74, 6) is 1.82. The first kappa shape index (κ1) is 38.0. The van der Waals surface area contributed by atoms with Crippen LogP contribution in [-0.4, -0.2) is 19.5 Å². The normalized spacial score (nSPS) is 11.6. The van der Waals surface area contributed by atoms with Crippen LogP contribution >= 0.6 is 11.3 Å². The van der Waals surface area contributed by atoms with Gasteiger partial charge in [0.05, 0.1) is 16.7 Å². The first-order valence-electron chi connectivity index (χ1n) is 22.2. The van der Waals surface area contributed by atoms with E-state index in [9.17, 15) is 0 Å². The third-order valence-electron chi connectivity index (χ3n) is 12.9. The molecule has 13 rings (SSSR count). The summed E-state index contributed by atoms with van der Waals surface area (Å²) < 4.78 is 4.96. The molecule has 0 unspecified atom stereocenters. The second-order valence-electron chi connectivity index (χ2n) is 16.8. The van der Waals surface area contributed by atoms with Gasteiger partial charge in [-0.3, -0.25) is 0 Å². The van der Waals surface area contributed by atoms with Crippen molar-refractivity contribution >= 4 is 64.1 Å². The zero-order valence-corrected chi connectivity index (χ0v) is 36.5. The van der Waals surface area contributed by atoms with Crippen molar-refractivity contribution in [1.29, 1.82) is 0 Å². The van der Waals surface area contributed by atoms with Gasteiger partial charge in [-0.2, -0.15) is 0 Å². The highest BCUT2D eigenvalue weighted by Crippen LogP contribution is 2.40. The molecule has 0 aliphatic heterocycles. The third kappa shape index (κ3) is 6.56. The lowest BCUT2D eigenvalue weighted by Gasteiger charge is -2.16. The van der Waals surface area contributed by atoms with E-state index in [0.717, 1.165) is 66.8 Å². The molecule has 0 fully saturated rings. The second-order valence-corrected chi connectivity index (χ2v) is 17.9. The molecule has 66 heavy (non-hydrogen) atoms. The summed E-state index contributed by atoms with van der Waals surface area (Å²) in [5.41, 5.74) is 12.8. The SMILES string of the molecule is c1ccc(-c2ccc(-c3nc(-c4ccc(-c5ccc6ccccc6c5)cc4)nc(-c4cccc(-c5ccc6sc7ccccc7c6c5)c4)n3)c(-n3c4ccccc4c4ccccc43)c2)cc1. The van der Waals surface area contributed by atoms with Crippen LogP contribution in [0, 0.1) is 0 Å². The molecule has 4 nitrogen and oxygen atoms in total. The lowest BCUT2D eigenvalue weighted by atomic mass is 9.99. The number of rotatable bonds is 7. The largest absolute Gasteiger partial charge is 0.308 e. The third-order valence-corrected chi connectivity index (χ3v) is 14.0. The molecule has 0 N–H and O–H groups in total. The number of hydrogen-bond acceptors (Lipinski definition) is 4. The maximum Gasteiger partial charge on any atom is 0.166 e. The van der Waals surface area contributed by atoms with Gasteiger partial charge in [-0.1, -0.05) is 176 Å². The number of hydrogen-bond donors (Lipinski definition) is 0. The van der Waals surface area contributed by atoms with Crippen LogP contribution in [0.2, 0.25) is 0 Å². The molecule has 0 atom stereocenters. The maximum atomic E-state index is 5.41. The number of fused-ring (bicyclic) bond motifs is 7. The van der Waals surface area contributed by atoms with E-state index in [0.29, 0.717) is 17.5 Å². The second kappa shape index (κ2) is 15.6. The summed E-state index contributed by atoms with van der Waals surface area (Å²) in [6, 6.07) is 82.3. The Hall–Kier alpha value is -8.51. The molecule has 5 heteroatoms. The van der Waals surface area contributed by atoms with Crippen LogP contribution in [0.5, 0.6) is 0 Å². The zero-order chi connectivity index (χ0) is 43.6. The predicted molar refractivity (Wildman–Crippen MR) is 277 cm³/mol. The van der Waals surface area contributed by atoms with E-state index in [1.165, 1.54) is 41.7 Å². The molecular formula is C61H38N4S. The van der Waals surface area contributed by atoms with Crippen molar-refractivity contribution < 1.29 is 0 Å². The monoisotopic (exact) mass is 858 g/mol. The first-order chi connectivity index (χ1) is 32.7. The highest BCUT2D eigenvalue weighted by Gasteiger charge is 2.21. The van der Waals surface area contributed by atoms with Gasteiger partial charge in [-0.25, -0.2) is 15.0 Å². The van der Waals surface area contributed by atoms with Crippen LogP contribution in [0.1, 0.15) is 0 Å². The molecule has 0 saturated carbocycles. The van der Waals surface area contributed by atoms with Crippen LogP contribution in [-0.2, 0) is 0 Å². The molecule has 0 aliphatic rings. The van der Waals surface area contributed by atoms with Crippen LogP contribution < -0.4 is 0 Å². The van der Waals surface area contributed by atoms with E-state index < -0.39 is 0 Å². The van der Waals surface area contributed by atoms with Crippen LogP contribution in [0.4, 0.5) is 0 Å². The molecule has 3 heterocycles. The minimum Gasteiger partial charge on any atom is -0.308 e. The standard InChI is InChI=1S/C61H38N4S/c1-2-13-39(14-3-1)47-31-33-52(56(38-47)65-54-22-9-6-19-49(54)50-20-7-10-23-55(50)65)61-63-59(42-28-25-41(26-29-42)45-30-27-40-15-4-5-16-43(40)35-45)62-60(64-61)48-18-12-17-44(36-48)46-32-34-58-53(37-46)51-21-8-11-24-57(51)66-58/h1-38H. The average molecular weight is 859 g/mol. The molecule has 13 aromatic rings. The highest BCUT2D eigenvalue weighted by atomic mass is 32.1. The summed E-state index contributed by atoms with van der Waals surface area (Å²) >= 11 is 1.84. The summed E-state index contributed by atoms with van der Waals surface area (Å²) in [6.45, 7) is 0. The minimum absolute atomic E-state index is 0.599. The van der Waals surface area contributed by atoms with E-state index in [1.54, 1.807) is 0 Å². The summed E-state index contributed by atoms with van der Waals surface area (Å²) in [5, 5.41) is 7.38. The van der Waals surface area contributed by atoms with Gasteiger partial charge in [0.2, 0.25) is 0 Å². The lowest BCUT2D eigenvalue weighted by molar-refractivity contribution is 1.06. The average Bonchev–Trinajstić information content (AvgIpc) is 3.94. The van der Waals surface area contributed by atoms with E-state index in [1.807, 2.05) is 11.3 Å². The van der Waals surface area contributed by atoms with Gasteiger partial charge < -0.3 is 4.57 Å². The topological polar surface area (TPSA) is 43.6 Å². The van der Waals surface area contributed by atoms with E-state index in [-0.39, 0.29) is 0 Å². The summed E-state index contributed by atoms with van der Waals surface area (Å²) in [7, 11) is 0. The Balaban J connectivity index is 1.01. The first-order valence-corrected chi connectivity index (χ1v) is 23.1. The van der Waals surface area contributed by atoms with Gasteiger partial charge in [-0.15, -0.1) is 11.3 Å². The van der Waals surface area contributed by atoms with E-state index in [4.69, 9.17) is 15.0 Å². The van der Waals surface area contributed by atoms with Crippen LogP contribution in [0.25, 0.3) is 126 Å². The van der Waals surface area contributed by atoms with Crippen molar-refractivity contribution in [3.8, 4) is 73.2 Å². The Bertz CT molecular complexity index is 3940. The molecular weight excluding hydrogens is 821 g/mol. The van der Waals surface area contributed by atoms with Crippen molar-refractivity contribution in [2.24, 2.45) is 0 Å². The van der Waals surface area contributed by atoms with Crippen molar-refractivity contribution in [2.45, 2.75) is 0 Å². The fourth-order valence-corrected chi connectivity index (χ4v) is 10.7. The molecule has 10 aromatic carbocycles. The van der Waals surface area contributed by atoms with Crippen LogP contribution in [0.3, 0.4) is 0 Å². The van der Waals surface area contributed by atoms with Crippen molar-refractivity contribution in [2.75, 3.05) is 0 Å². The molecule has 308 valence electrons. The highest BCUT2D eigenvalue weighted by molar-refractivity contribution is 7.25. The van der Waals surface area contributed by atoms with Crippen LogP contribution in [0.15, 0.2) is 231 Å². The smallest absolute Gasteiger partial charge is 0.166 e. The Labute approximate surface area is 385 Å². The van der Waals surface area contributed by atoms with Crippen molar-refractivity contribution in [3.05, 3.63) is 231 Å². The van der Waals surface area contributed by atoms with Gasteiger partial charge in [0, 0.05) is 47.6 Å². The number of thiophene rings is 1. The minimum atomic E-state index is 0.599. The maximum absolute atomic E-state index is 5.41. The van der Waals surface area contributed by atoms with Crippen molar-refractivity contribution in [1.82, 2.24) is 19.5 Å². The molecule has 0 amide bonds. The van der Waals surface area contributed by atoms with Gasteiger partial charge in [-0.05, 0) is 98.8 Å².